The molecule has 0 bridgehead atoms. The number of fused-ring (bicyclic) bond motifs is 2. The zero-order chi connectivity index (χ0) is 16.5. The molecule has 2 amide bonds. The van der Waals surface area contributed by atoms with E-state index in [1.807, 2.05) is 42.5 Å². The van der Waals surface area contributed by atoms with Crippen molar-refractivity contribution in [1.29, 1.82) is 0 Å². The Kier molecular flexibility index (Phi) is 3.59. The van der Waals surface area contributed by atoms with Gasteiger partial charge in [-0.3, -0.25) is 14.5 Å². The van der Waals surface area contributed by atoms with E-state index in [2.05, 4.69) is 10.3 Å². The Labute approximate surface area is 142 Å². The molecule has 4 rings (SSSR count). The lowest BCUT2D eigenvalue weighted by atomic mass is 10.2. The summed E-state index contributed by atoms with van der Waals surface area (Å²) in [6, 6.07) is 15.1. The van der Waals surface area contributed by atoms with Crippen molar-refractivity contribution in [2.75, 3.05) is 16.8 Å². The maximum Gasteiger partial charge on any atom is 0.251 e. The van der Waals surface area contributed by atoms with E-state index in [4.69, 9.17) is 0 Å². The van der Waals surface area contributed by atoms with Crippen molar-refractivity contribution in [2.45, 2.75) is 0 Å². The average Bonchev–Trinajstić information content (AvgIpc) is 3.02. The van der Waals surface area contributed by atoms with Crippen molar-refractivity contribution < 1.29 is 9.59 Å². The van der Waals surface area contributed by atoms with Crippen molar-refractivity contribution in [1.82, 2.24) is 4.98 Å². The zero-order valence-electron chi connectivity index (χ0n) is 12.6. The normalized spacial score (nSPS) is 14.0. The number of thiazole rings is 1. The number of para-hydroxylation sites is 3. The predicted molar refractivity (Wildman–Crippen MR) is 96.1 cm³/mol. The van der Waals surface area contributed by atoms with Gasteiger partial charge in [0.15, 0.2) is 0 Å². The number of amides is 2. The van der Waals surface area contributed by atoms with E-state index in [0.717, 1.165) is 15.2 Å². The highest BCUT2D eigenvalue weighted by Gasteiger charge is 2.25. The quantitative estimate of drug-likeness (QED) is 0.731. The monoisotopic (exact) mass is 335 g/mol. The molecule has 0 radical (unpaired) electrons. The third-order valence-corrected chi connectivity index (χ3v) is 4.72. The molecular formula is C18H13N3O2S. The molecule has 3 aromatic rings. The predicted octanol–water partition coefficient (Wildman–Crippen LogP) is 3.29. The number of carbonyl (C=O) groups excluding carboxylic acids is 2. The van der Waals surface area contributed by atoms with Gasteiger partial charge in [-0.15, -0.1) is 11.3 Å². The minimum Gasteiger partial charge on any atom is -0.323 e. The molecule has 1 aromatic heterocycles. The second-order valence-electron chi connectivity index (χ2n) is 5.34. The molecule has 1 N–H and O–H groups in total. The van der Waals surface area contributed by atoms with Crippen LogP contribution in [0, 0.1) is 0 Å². The second-order valence-corrected chi connectivity index (χ2v) is 6.41. The number of rotatable bonds is 2. The van der Waals surface area contributed by atoms with Gasteiger partial charge in [-0.2, -0.15) is 0 Å². The highest BCUT2D eigenvalue weighted by molar-refractivity contribution is 7.19. The van der Waals surface area contributed by atoms with Crippen LogP contribution in [-0.4, -0.2) is 23.3 Å². The van der Waals surface area contributed by atoms with E-state index >= 15 is 0 Å². The smallest absolute Gasteiger partial charge is 0.251 e. The molecule has 118 valence electrons. The SMILES string of the molecule is O=C1CN(C(=O)/C=C/c2nc3ccccc3s2)c2ccccc2N1. The molecular weight excluding hydrogens is 322 g/mol. The van der Waals surface area contributed by atoms with E-state index < -0.39 is 0 Å². The van der Waals surface area contributed by atoms with Gasteiger partial charge in [0.05, 0.1) is 21.6 Å². The summed E-state index contributed by atoms with van der Waals surface area (Å²) < 4.78 is 1.08. The molecule has 0 spiro atoms. The van der Waals surface area contributed by atoms with Gasteiger partial charge >= 0.3 is 0 Å². The van der Waals surface area contributed by atoms with Gasteiger partial charge < -0.3 is 5.32 Å². The molecule has 24 heavy (non-hydrogen) atoms. The number of nitrogens with zero attached hydrogens (tertiary/aromatic N) is 2. The number of nitrogens with one attached hydrogen (secondary N) is 1. The molecule has 2 heterocycles. The average molecular weight is 335 g/mol. The maximum atomic E-state index is 12.5. The van der Waals surface area contributed by atoms with Crippen molar-refractivity contribution in [3.8, 4) is 0 Å². The van der Waals surface area contributed by atoms with Crippen LogP contribution in [0.1, 0.15) is 5.01 Å². The van der Waals surface area contributed by atoms with Crippen LogP contribution in [-0.2, 0) is 9.59 Å². The highest BCUT2D eigenvalue weighted by Crippen LogP contribution is 2.29. The Morgan fingerprint density at radius 2 is 1.96 bits per heavy atom. The number of carbonyl (C=O) groups is 2. The first-order chi connectivity index (χ1) is 11.7. The van der Waals surface area contributed by atoms with Crippen molar-refractivity contribution in [2.24, 2.45) is 0 Å². The zero-order valence-corrected chi connectivity index (χ0v) is 13.4. The molecule has 0 saturated carbocycles. The van der Waals surface area contributed by atoms with Crippen LogP contribution in [0.2, 0.25) is 0 Å². The number of anilines is 2. The second kappa shape index (κ2) is 5.90. The van der Waals surface area contributed by atoms with E-state index in [9.17, 15) is 9.59 Å². The molecule has 6 heteroatoms. The highest BCUT2D eigenvalue weighted by atomic mass is 32.1. The van der Waals surface area contributed by atoms with Gasteiger partial charge in [-0.1, -0.05) is 24.3 Å². The molecule has 2 aromatic carbocycles. The lowest BCUT2D eigenvalue weighted by molar-refractivity contribution is -0.119. The largest absolute Gasteiger partial charge is 0.323 e. The Hall–Kier alpha value is -2.99. The summed E-state index contributed by atoms with van der Waals surface area (Å²) in [5.74, 6) is -0.438. The Morgan fingerprint density at radius 3 is 2.83 bits per heavy atom. The van der Waals surface area contributed by atoms with Gasteiger partial charge in [0.1, 0.15) is 11.6 Å². The van der Waals surface area contributed by atoms with Crippen LogP contribution in [0.25, 0.3) is 16.3 Å². The van der Waals surface area contributed by atoms with Gasteiger partial charge in [-0.05, 0) is 30.3 Å². The first kappa shape index (κ1) is 14.6. The molecule has 0 saturated heterocycles. The first-order valence-electron chi connectivity index (χ1n) is 7.45. The van der Waals surface area contributed by atoms with Crippen LogP contribution in [0.3, 0.4) is 0 Å². The molecule has 0 fully saturated rings. The lowest BCUT2D eigenvalue weighted by Crippen LogP contribution is -2.41. The van der Waals surface area contributed by atoms with Crippen LogP contribution in [0.4, 0.5) is 11.4 Å². The fourth-order valence-corrected chi connectivity index (χ4v) is 3.49. The third kappa shape index (κ3) is 2.68. The molecule has 1 aliphatic rings. The summed E-state index contributed by atoms with van der Waals surface area (Å²) in [7, 11) is 0. The Morgan fingerprint density at radius 1 is 1.17 bits per heavy atom. The Bertz CT molecular complexity index is 944. The van der Waals surface area contributed by atoms with Crippen LogP contribution >= 0.6 is 11.3 Å². The number of hydrogen-bond acceptors (Lipinski definition) is 4. The topological polar surface area (TPSA) is 62.3 Å². The summed E-state index contributed by atoms with van der Waals surface area (Å²) in [5.41, 5.74) is 2.27. The maximum absolute atomic E-state index is 12.5. The summed E-state index contributed by atoms with van der Waals surface area (Å²) in [6.45, 7) is 0.0139. The van der Waals surface area contributed by atoms with Crippen molar-refractivity contribution >= 4 is 50.8 Å². The van der Waals surface area contributed by atoms with Gasteiger partial charge in [0.25, 0.3) is 5.91 Å². The van der Waals surface area contributed by atoms with Gasteiger partial charge in [-0.25, -0.2) is 4.98 Å². The molecule has 0 unspecified atom stereocenters. The van der Waals surface area contributed by atoms with Gasteiger partial charge in [0.2, 0.25) is 5.91 Å². The number of hydrogen-bond donors (Lipinski definition) is 1. The van der Waals surface area contributed by atoms with Crippen LogP contribution in [0.15, 0.2) is 54.6 Å². The van der Waals surface area contributed by atoms with E-state index in [0.29, 0.717) is 11.4 Å². The fraction of sp³-hybridized carbons (Fsp3) is 0.0556. The summed E-state index contributed by atoms with van der Waals surface area (Å²) in [6.07, 6.45) is 3.16. The molecule has 0 atom stereocenters. The van der Waals surface area contributed by atoms with Crippen molar-refractivity contribution in [3.05, 3.63) is 59.6 Å². The van der Waals surface area contributed by atoms with Gasteiger partial charge in [0, 0.05) is 6.08 Å². The Balaban J connectivity index is 1.61. The van der Waals surface area contributed by atoms with E-state index in [1.54, 1.807) is 12.1 Å². The fourth-order valence-electron chi connectivity index (χ4n) is 2.62. The van der Waals surface area contributed by atoms with Crippen LogP contribution < -0.4 is 10.2 Å². The summed E-state index contributed by atoms with van der Waals surface area (Å²) in [4.78, 5) is 30.3. The molecule has 1 aliphatic heterocycles. The molecule has 5 nitrogen and oxygen atoms in total. The number of benzene rings is 2. The number of aromatic nitrogens is 1. The van der Waals surface area contributed by atoms with Crippen LogP contribution in [0.5, 0.6) is 0 Å². The lowest BCUT2D eigenvalue weighted by Gasteiger charge is -2.28. The first-order valence-corrected chi connectivity index (χ1v) is 8.26. The van der Waals surface area contributed by atoms with E-state index in [1.165, 1.54) is 22.3 Å². The summed E-state index contributed by atoms with van der Waals surface area (Å²) >= 11 is 1.52. The summed E-state index contributed by atoms with van der Waals surface area (Å²) in [5, 5.41) is 3.53. The standard InChI is InChI=1S/C18H13N3O2S/c22-16-11-21(14-7-3-1-5-12(14)19-16)18(23)10-9-17-20-13-6-2-4-8-15(13)24-17/h1-10H,11H2,(H,19,22)/b10-9+. The third-order valence-electron chi connectivity index (χ3n) is 3.72. The van der Waals surface area contributed by atoms with E-state index in [-0.39, 0.29) is 18.4 Å². The van der Waals surface area contributed by atoms with Crippen molar-refractivity contribution in [3.63, 3.8) is 0 Å². The minimum absolute atomic E-state index is 0.0139. The molecule has 0 aliphatic carbocycles. The minimum atomic E-state index is -0.239.